The quantitative estimate of drug-likeness (QED) is 0.793. The maximum atomic E-state index is 12.4. The van der Waals surface area contributed by atoms with Crippen LogP contribution < -0.4 is 5.32 Å². The zero-order valence-corrected chi connectivity index (χ0v) is 17.4. The highest BCUT2D eigenvalue weighted by Crippen LogP contribution is 2.25. The number of benzene rings is 1. The van der Waals surface area contributed by atoms with Gasteiger partial charge in [-0.25, -0.2) is 8.42 Å². The van der Waals surface area contributed by atoms with Gasteiger partial charge in [0.1, 0.15) is 0 Å². The zero-order valence-electron chi connectivity index (χ0n) is 15.8. The van der Waals surface area contributed by atoms with E-state index in [4.69, 9.17) is 11.6 Å². The third-order valence-electron chi connectivity index (χ3n) is 4.89. The topological polar surface area (TPSA) is 69.7 Å². The van der Waals surface area contributed by atoms with Gasteiger partial charge < -0.3 is 10.2 Å². The van der Waals surface area contributed by atoms with Crippen LogP contribution in [0.15, 0.2) is 23.1 Å². The van der Waals surface area contributed by atoms with Crippen molar-refractivity contribution in [1.29, 1.82) is 0 Å². The number of amides is 1. The molecule has 1 aromatic rings. The third kappa shape index (κ3) is 5.67. The van der Waals surface area contributed by atoms with Crippen molar-refractivity contribution >= 4 is 33.0 Å². The Morgan fingerprint density at radius 3 is 2.50 bits per heavy atom. The summed E-state index contributed by atoms with van der Waals surface area (Å²) >= 11 is 6.09. The smallest absolute Gasteiger partial charge is 0.238 e. The molecular weight excluding hydrogens is 374 g/mol. The second kappa shape index (κ2) is 8.69. The predicted octanol–water partition coefficient (Wildman–Crippen LogP) is 2.49. The number of sulfone groups is 1. The summed E-state index contributed by atoms with van der Waals surface area (Å²) < 4.78 is 23.3. The SMILES string of the molecule is CC(C)N1CCC(N(C)CC(=O)Nc2cc(S(C)(=O)=O)ccc2Cl)CC1. The molecular formula is C18H28ClN3O3S. The first-order valence-corrected chi connectivity index (χ1v) is 11.1. The molecule has 2 rings (SSSR count). The van der Waals surface area contributed by atoms with Crippen molar-refractivity contribution in [3.8, 4) is 0 Å². The van der Waals surface area contributed by atoms with Gasteiger partial charge in [-0.2, -0.15) is 0 Å². The van der Waals surface area contributed by atoms with E-state index in [2.05, 4.69) is 29.0 Å². The minimum absolute atomic E-state index is 0.131. The molecule has 1 aliphatic rings. The standard InChI is InChI=1S/C18H28ClN3O3S/c1-13(2)22-9-7-14(8-10-22)21(3)12-18(23)20-17-11-15(26(4,24)25)5-6-16(17)19/h5-6,11,13-14H,7-10,12H2,1-4H3,(H,20,23). The molecule has 8 heteroatoms. The molecule has 0 radical (unpaired) electrons. The van der Waals surface area contributed by atoms with Gasteiger partial charge in [0.2, 0.25) is 5.91 Å². The van der Waals surface area contributed by atoms with E-state index in [1.807, 2.05) is 7.05 Å². The molecule has 0 aromatic heterocycles. The molecule has 1 heterocycles. The Bertz CT molecular complexity index is 744. The fourth-order valence-electron chi connectivity index (χ4n) is 3.22. The number of carbonyl (C=O) groups is 1. The first-order valence-electron chi connectivity index (χ1n) is 8.81. The summed E-state index contributed by atoms with van der Waals surface area (Å²) in [5.74, 6) is -0.202. The Kier molecular flexibility index (Phi) is 7.07. The predicted molar refractivity (Wildman–Crippen MR) is 106 cm³/mol. The lowest BCUT2D eigenvalue weighted by molar-refractivity contribution is -0.117. The van der Waals surface area contributed by atoms with Gasteiger partial charge in [0, 0.05) is 18.3 Å². The molecule has 0 aliphatic carbocycles. The van der Waals surface area contributed by atoms with Crippen LogP contribution in [-0.4, -0.2) is 69.1 Å². The average Bonchev–Trinajstić information content (AvgIpc) is 2.55. The van der Waals surface area contributed by atoms with Crippen LogP contribution in [-0.2, 0) is 14.6 Å². The summed E-state index contributed by atoms with van der Waals surface area (Å²) in [5.41, 5.74) is 0.322. The van der Waals surface area contributed by atoms with Crippen LogP contribution in [0.4, 0.5) is 5.69 Å². The Hall–Kier alpha value is -1.15. The fraction of sp³-hybridized carbons (Fsp3) is 0.611. The van der Waals surface area contributed by atoms with E-state index >= 15 is 0 Å². The van der Waals surface area contributed by atoms with Crippen LogP contribution in [0.5, 0.6) is 0 Å². The van der Waals surface area contributed by atoms with Crippen molar-refractivity contribution in [2.45, 2.75) is 43.7 Å². The van der Waals surface area contributed by atoms with Crippen LogP contribution in [0.3, 0.4) is 0 Å². The van der Waals surface area contributed by atoms with Gasteiger partial charge in [0.25, 0.3) is 0 Å². The summed E-state index contributed by atoms with van der Waals surface area (Å²) in [6, 6.07) is 5.24. The van der Waals surface area contributed by atoms with Gasteiger partial charge in [-0.15, -0.1) is 0 Å². The number of rotatable bonds is 6. The van der Waals surface area contributed by atoms with Crippen molar-refractivity contribution in [3.63, 3.8) is 0 Å². The van der Waals surface area contributed by atoms with Crippen molar-refractivity contribution in [2.24, 2.45) is 0 Å². The van der Waals surface area contributed by atoms with Crippen LogP contribution in [0, 0.1) is 0 Å². The van der Waals surface area contributed by atoms with Gasteiger partial charge in [-0.1, -0.05) is 11.6 Å². The van der Waals surface area contributed by atoms with Crippen molar-refractivity contribution in [1.82, 2.24) is 9.80 Å². The minimum atomic E-state index is -3.36. The highest BCUT2D eigenvalue weighted by atomic mass is 35.5. The van der Waals surface area contributed by atoms with E-state index in [9.17, 15) is 13.2 Å². The number of nitrogens with zero attached hydrogens (tertiary/aromatic N) is 2. The zero-order chi connectivity index (χ0) is 19.5. The second-order valence-corrected chi connectivity index (χ2v) is 9.66. The minimum Gasteiger partial charge on any atom is -0.324 e. The number of carbonyl (C=O) groups excluding carboxylic acids is 1. The van der Waals surface area contributed by atoms with Crippen molar-refractivity contribution < 1.29 is 13.2 Å². The lowest BCUT2D eigenvalue weighted by atomic mass is 10.0. The number of likely N-dealkylation sites (N-methyl/N-ethyl adjacent to an activating group) is 1. The second-order valence-electron chi connectivity index (χ2n) is 7.24. The lowest BCUT2D eigenvalue weighted by Gasteiger charge is -2.38. The molecule has 6 nitrogen and oxygen atoms in total. The summed E-state index contributed by atoms with van der Waals surface area (Å²) in [6.45, 7) is 6.72. The monoisotopic (exact) mass is 401 g/mol. The van der Waals surface area contributed by atoms with Gasteiger partial charge in [-0.3, -0.25) is 9.69 Å². The average molecular weight is 402 g/mol. The number of piperidine rings is 1. The number of likely N-dealkylation sites (tertiary alicyclic amines) is 1. The van der Waals surface area contributed by atoms with Crippen LogP contribution in [0.25, 0.3) is 0 Å². The molecule has 1 aliphatic heterocycles. The Labute approximate surface area is 161 Å². The molecule has 26 heavy (non-hydrogen) atoms. The molecule has 146 valence electrons. The van der Waals surface area contributed by atoms with Gasteiger partial charge in [0.05, 0.1) is 22.2 Å². The number of halogens is 1. The van der Waals surface area contributed by atoms with E-state index in [-0.39, 0.29) is 17.3 Å². The summed E-state index contributed by atoms with van der Waals surface area (Å²) in [6.07, 6.45) is 3.19. The van der Waals surface area contributed by atoms with Gasteiger partial charge in [0.15, 0.2) is 9.84 Å². The number of anilines is 1. The molecule has 1 fully saturated rings. The molecule has 0 bridgehead atoms. The van der Waals surface area contributed by atoms with E-state index in [0.717, 1.165) is 32.2 Å². The molecule has 1 amide bonds. The van der Waals surface area contributed by atoms with Gasteiger partial charge in [-0.05, 0) is 65.0 Å². The molecule has 1 N–H and O–H groups in total. The van der Waals surface area contributed by atoms with E-state index in [1.54, 1.807) is 0 Å². The molecule has 1 saturated heterocycles. The van der Waals surface area contributed by atoms with E-state index in [0.29, 0.717) is 22.8 Å². The third-order valence-corrected chi connectivity index (χ3v) is 6.33. The normalized spacial score (nSPS) is 17.0. The van der Waals surface area contributed by atoms with E-state index < -0.39 is 9.84 Å². The maximum Gasteiger partial charge on any atom is 0.238 e. The van der Waals surface area contributed by atoms with E-state index in [1.165, 1.54) is 18.2 Å². The number of hydrogen-bond acceptors (Lipinski definition) is 5. The first-order chi connectivity index (χ1) is 12.1. The molecule has 1 aromatic carbocycles. The number of hydrogen-bond donors (Lipinski definition) is 1. The number of nitrogens with one attached hydrogen (secondary N) is 1. The largest absolute Gasteiger partial charge is 0.324 e. The van der Waals surface area contributed by atoms with Crippen LogP contribution >= 0.6 is 11.6 Å². The summed E-state index contributed by atoms with van der Waals surface area (Å²) in [7, 11) is -1.41. The van der Waals surface area contributed by atoms with Crippen LogP contribution in [0.2, 0.25) is 5.02 Å². The van der Waals surface area contributed by atoms with Gasteiger partial charge >= 0.3 is 0 Å². The van der Waals surface area contributed by atoms with Crippen molar-refractivity contribution in [3.05, 3.63) is 23.2 Å². The molecule has 0 unspecified atom stereocenters. The summed E-state index contributed by atoms with van der Waals surface area (Å²) in [5, 5.41) is 3.05. The Balaban J connectivity index is 1.95. The maximum absolute atomic E-state index is 12.4. The lowest BCUT2D eigenvalue weighted by Crippen LogP contribution is -2.47. The Morgan fingerprint density at radius 1 is 1.35 bits per heavy atom. The van der Waals surface area contributed by atoms with Crippen LogP contribution in [0.1, 0.15) is 26.7 Å². The highest BCUT2D eigenvalue weighted by molar-refractivity contribution is 7.90. The van der Waals surface area contributed by atoms with Crippen molar-refractivity contribution in [2.75, 3.05) is 38.3 Å². The highest BCUT2D eigenvalue weighted by Gasteiger charge is 2.25. The fourth-order valence-corrected chi connectivity index (χ4v) is 4.03. The molecule has 0 atom stereocenters. The summed E-state index contributed by atoms with van der Waals surface area (Å²) in [4.78, 5) is 17.0. The molecule has 0 spiro atoms. The Morgan fingerprint density at radius 2 is 1.96 bits per heavy atom. The molecule has 0 saturated carbocycles. The first kappa shape index (κ1) is 21.2.